The average Bonchev–Trinajstić information content (AvgIpc) is 2.93. The smallest absolute Gasteiger partial charge is 0.296 e. The van der Waals surface area contributed by atoms with Gasteiger partial charge in [-0.1, -0.05) is 43.5 Å². The van der Waals surface area contributed by atoms with Crippen LogP contribution in [-0.2, 0) is 22.3 Å². The minimum atomic E-state index is -4.33. The predicted octanol–water partition coefficient (Wildman–Crippen LogP) is 6.62. The number of pyridine rings is 1. The van der Waals surface area contributed by atoms with Crippen molar-refractivity contribution in [2.45, 2.75) is 63.6 Å². The number of alkyl halides is 3. The van der Waals surface area contributed by atoms with Gasteiger partial charge in [0.2, 0.25) is 11.8 Å². The molecule has 1 aromatic heterocycles. The molecule has 1 saturated heterocycles. The van der Waals surface area contributed by atoms with Crippen LogP contribution in [0.5, 0.6) is 0 Å². The van der Waals surface area contributed by atoms with Crippen LogP contribution in [0.3, 0.4) is 0 Å². The maximum atomic E-state index is 13.0. The lowest BCUT2D eigenvalue weighted by atomic mass is 9.65. The van der Waals surface area contributed by atoms with Crippen LogP contribution in [0.2, 0.25) is 0 Å². The Morgan fingerprint density at radius 3 is 2.50 bits per heavy atom. The lowest BCUT2D eigenvalue weighted by Gasteiger charge is -2.46. The molecule has 2 aliphatic heterocycles. The van der Waals surface area contributed by atoms with Crippen molar-refractivity contribution in [3.63, 3.8) is 0 Å². The largest absolute Gasteiger partial charge is 0.416 e. The maximum Gasteiger partial charge on any atom is 0.416 e. The molecule has 2 aromatic carbocycles. The number of aromatic nitrogens is 1. The van der Waals surface area contributed by atoms with Gasteiger partial charge in [-0.05, 0) is 71.9 Å². The third kappa shape index (κ3) is 5.29. The van der Waals surface area contributed by atoms with Gasteiger partial charge in [0.15, 0.2) is 0 Å². The minimum absolute atomic E-state index is 0.00918. The molecule has 0 bridgehead atoms. The van der Waals surface area contributed by atoms with Crippen molar-refractivity contribution >= 4 is 28.3 Å². The summed E-state index contributed by atoms with van der Waals surface area (Å²) in [6.45, 7) is 2.21. The molecule has 1 saturated carbocycles. The second-order valence-corrected chi connectivity index (χ2v) is 11.5. The summed E-state index contributed by atoms with van der Waals surface area (Å²) >= 11 is 0. The first-order chi connectivity index (χ1) is 19.2. The van der Waals surface area contributed by atoms with E-state index in [0.29, 0.717) is 19.4 Å². The Morgan fingerprint density at radius 2 is 1.77 bits per heavy atom. The van der Waals surface area contributed by atoms with Crippen LogP contribution in [0, 0.1) is 5.41 Å². The van der Waals surface area contributed by atoms with Crippen molar-refractivity contribution in [2.75, 3.05) is 13.1 Å². The first kappa shape index (κ1) is 26.7. The quantitative estimate of drug-likeness (QED) is 0.373. The van der Waals surface area contributed by atoms with E-state index in [0.717, 1.165) is 66.4 Å². The number of benzene rings is 2. The van der Waals surface area contributed by atoms with E-state index in [4.69, 9.17) is 0 Å². The third-order valence-electron chi connectivity index (χ3n) is 8.80. The predicted molar refractivity (Wildman–Crippen MR) is 147 cm³/mol. The number of halogens is 3. The normalized spacial score (nSPS) is 21.9. The molecule has 3 heterocycles. The van der Waals surface area contributed by atoms with Crippen molar-refractivity contribution in [1.82, 2.24) is 15.2 Å². The van der Waals surface area contributed by atoms with E-state index in [2.05, 4.69) is 33.4 Å². The van der Waals surface area contributed by atoms with Gasteiger partial charge in [-0.15, -0.1) is 0 Å². The van der Waals surface area contributed by atoms with Crippen LogP contribution in [0.15, 0.2) is 60.8 Å². The molecule has 3 aromatic rings. The highest BCUT2D eigenvalue weighted by atomic mass is 19.4. The van der Waals surface area contributed by atoms with Crippen LogP contribution in [0.1, 0.15) is 73.1 Å². The topological polar surface area (TPSA) is 62.3 Å². The zero-order valence-corrected chi connectivity index (χ0v) is 22.3. The average molecular weight is 548 g/mol. The molecule has 1 spiro atoms. The van der Waals surface area contributed by atoms with E-state index in [1.54, 1.807) is 18.3 Å². The standard InChI is InChI=1S/C32H32F3N3O2/c33-32(34,35)25-7-4-21(5-8-25)19-38-15-12-27(31(20-38)13-2-1-3-14-31)22-6-10-28-23(16-22)17-24(18-36-28)26-9-11-29(39)37-30(26)40/h4-8,10,12,16-18,26H,1-3,9,11,13-15,19-20H2,(H,37,39,40). The highest BCUT2D eigenvalue weighted by Crippen LogP contribution is 2.49. The number of fused-ring (bicyclic) bond motifs is 1. The Morgan fingerprint density at radius 1 is 1.00 bits per heavy atom. The summed E-state index contributed by atoms with van der Waals surface area (Å²) in [4.78, 5) is 31.0. The van der Waals surface area contributed by atoms with Gasteiger partial charge in [0.1, 0.15) is 0 Å². The van der Waals surface area contributed by atoms with Crippen molar-refractivity contribution < 1.29 is 22.8 Å². The molecule has 1 unspecified atom stereocenters. The van der Waals surface area contributed by atoms with E-state index < -0.39 is 11.7 Å². The van der Waals surface area contributed by atoms with Gasteiger partial charge in [0.25, 0.3) is 0 Å². The van der Waals surface area contributed by atoms with E-state index in [9.17, 15) is 22.8 Å². The van der Waals surface area contributed by atoms with Crippen LogP contribution < -0.4 is 5.32 Å². The zero-order chi connectivity index (χ0) is 27.9. The van der Waals surface area contributed by atoms with Crippen molar-refractivity contribution in [3.8, 4) is 0 Å². The summed E-state index contributed by atoms with van der Waals surface area (Å²) in [6, 6.07) is 13.9. The van der Waals surface area contributed by atoms with Gasteiger partial charge in [-0.3, -0.25) is 24.8 Å². The summed E-state index contributed by atoms with van der Waals surface area (Å²) in [5.41, 5.74) is 4.43. The number of nitrogens with zero attached hydrogens (tertiary/aromatic N) is 2. The summed E-state index contributed by atoms with van der Waals surface area (Å²) in [6.07, 6.45) is 6.20. The SMILES string of the molecule is O=C1CCC(c2cnc3ccc(C4=CCN(Cc5ccc(C(F)(F)F)cc5)CC45CCCCC5)cc3c2)C(=O)N1. The van der Waals surface area contributed by atoms with E-state index in [1.165, 1.54) is 24.1 Å². The van der Waals surface area contributed by atoms with Crippen LogP contribution in [0.4, 0.5) is 13.2 Å². The number of amides is 2. The molecule has 1 aliphatic carbocycles. The second kappa shape index (κ2) is 10.5. The zero-order valence-electron chi connectivity index (χ0n) is 22.3. The molecule has 8 heteroatoms. The summed E-state index contributed by atoms with van der Waals surface area (Å²) in [5, 5.41) is 3.41. The highest BCUT2D eigenvalue weighted by molar-refractivity contribution is 6.01. The van der Waals surface area contributed by atoms with E-state index >= 15 is 0 Å². The number of nitrogens with one attached hydrogen (secondary N) is 1. The van der Waals surface area contributed by atoms with Gasteiger partial charge in [-0.2, -0.15) is 13.2 Å². The Kier molecular flexibility index (Phi) is 6.98. The fraction of sp³-hybridized carbons (Fsp3) is 0.406. The first-order valence-corrected chi connectivity index (χ1v) is 14.0. The van der Waals surface area contributed by atoms with Gasteiger partial charge in [-0.25, -0.2) is 0 Å². The summed E-state index contributed by atoms with van der Waals surface area (Å²) in [7, 11) is 0. The number of hydrogen-bond donors (Lipinski definition) is 1. The van der Waals surface area contributed by atoms with Crippen molar-refractivity contribution in [2.24, 2.45) is 5.41 Å². The molecule has 1 N–H and O–H groups in total. The van der Waals surface area contributed by atoms with Gasteiger partial charge in [0, 0.05) is 43.1 Å². The number of carbonyl (C=O) groups excluding carboxylic acids is 2. The van der Waals surface area contributed by atoms with Gasteiger partial charge < -0.3 is 0 Å². The Labute approximate surface area is 231 Å². The molecular weight excluding hydrogens is 515 g/mol. The Hall–Kier alpha value is -3.52. The lowest BCUT2D eigenvalue weighted by molar-refractivity contribution is -0.138. The molecule has 3 aliphatic rings. The van der Waals surface area contributed by atoms with Gasteiger partial charge >= 0.3 is 6.18 Å². The van der Waals surface area contributed by atoms with E-state index in [1.807, 2.05) is 12.1 Å². The number of carbonyl (C=O) groups is 2. The summed E-state index contributed by atoms with van der Waals surface area (Å²) < 4.78 is 39.0. The minimum Gasteiger partial charge on any atom is -0.296 e. The van der Waals surface area contributed by atoms with E-state index in [-0.39, 0.29) is 23.1 Å². The molecule has 40 heavy (non-hydrogen) atoms. The maximum absolute atomic E-state index is 13.0. The molecule has 0 radical (unpaired) electrons. The molecule has 1 atom stereocenters. The molecule has 208 valence electrons. The van der Waals surface area contributed by atoms with Crippen LogP contribution in [-0.4, -0.2) is 34.8 Å². The summed E-state index contributed by atoms with van der Waals surface area (Å²) in [5.74, 6) is -0.875. The molecule has 2 fully saturated rings. The number of piperidine rings is 1. The van der Waals surface area contributed by atoms with Crippen molar-refractivity contribution in [3.05, 3.63) is 83.1 Å². The lowest BCUT2D eigenvalue weighted by Crippen LogP contribution is -2.43. The van der Waals surface area contributed by atoms with Gasteiger partial charge in [0.05, 0.1) is 17.0 Å². The molecule has 6 rings (SSSR count). The Bertz CT molecular complexity index is 1470. The third-order valence-corrected chi connectivity index (χ3v) is 8.80. The number of rotatable bonds is 4. The molecule has 5 nitrogen and oxygen atoms in total. The molecule has 2 amide bonds. The monoisotopic (exact) mass is 547 g/mol. The van der Waals surface area contributed by atoms with Crippen molar-refractivity contribution in [1.29, 1.82) is 0 Å². The number of hydrogen-bond acceptors (Lipinski definition) is 4. The fourth-order valence-electron chi connectivity index (χ4n) is 6.79. The highest BCUT2D eigenvalue weighted by Gasteiger charge is 2.40. The van der Waals surface area contributed by atoms with Crippen LogP contribution in [0.25, 0.3) is 16.5 Å². The molecular formula is C32H32F3N3O2. The van der Waals surface area contributed by atoms with Crippen LogP contribution >= 0.6 is 0 Å². The Balaban J connectivity index is 1.28. The fourth-order valence-corrected chi connectivity index (χ4v) is 6.79. The second-order valence-electron chi connectivity index (χ2n) is 11.5. The number of imide groups is 1. The first-order valence-electron chi connectivity index (χ1n) is 14.0.